The highest BCUT2D eigenvalue weighted by molar-refractivity contribution is 5.92. The number of nitrogens with two attached hydrogens (primary N) is 1. The Morgan fingerprint density at radius 1 is 1.32 bits per heavy atom. The van der Waals surface area contributed by atoms with Gasteiger partial charge in [0.2, 0.25) is 11.8 Å². The fourth-order valence-corrected chi connectivity index (χ4v) is 3.48. The van der Waals surface area contributed by atoms with Gasteiger partial charge in [0, 0.05) is 19.1 Å². The molecule has 3 atom stereocenters. The van der Waals surface area contributed by atoms with E-state index >= 15 is 0 Å². The van der Waals surface area contributed by atoms with Crippen molar-refractivity contribution in [3.8, 4) is 0 Å². The third-order valence-electron chi connectivity index (χ3n) is 5.28. The van der Waals surface area contributed by atoms with Crippen molar-refractivity contribution in [3.63, 3.8) is 0 Å². The minimum absolute atomic E-state index is 0.0866. The molecule has 1 aliphatic rings. The molecule has 1 saturated heterocycles. The predicted octanol–water partition coefficient (Wildman–Crippen LogP) is 1.61. The Morgan fingerprint density at radius 2 is 2.04 bits per heavy atom. The van der Waals surface area contributed by atoms with E-state index in [0.717, 1.165) is 32.4 Å². The van der Waals surface area contributed by atoms with Crippen LogP contribution in [0.3, 0.4) is 0 Å². The van der Waals surface area contributed by atoms with Crippen LogP contribution in [0.2, 0.25) is 0 Å². The van der Waals surface area contributed by atoms with Gasteiger partial charge in [-0.1, -0.05) is 43.8 Å². The number of carbonyl (C=O) groups excluding carboxylic acids is 2. The molecule has 2 rings (SSSR count). The summed E-state index contributed by atoms with van der Waals surface area (Å²) < 4.78 is 0. The van der Waals surface area contributed by atoms with E-state index in [4.69, 9.17) is 5.73 Å². The second-order valence-electron chi connectivity index (χ2n) is 7.57. The normalized spacial score (nSPS) is 18.5. The van der Waals surface area contributed by atoms with Crippen LogP contribution in [0.4, 0.5) is 0 Å². The molecule has 6 nitrogen and oxygen atoms in total. The Labute approximate surface area is 168 Å². The van der Waals surface area contributed by atoms with Gasteiger partial charge in [0.05, 0.1) is 6.04 Å². The van der Waals surface area contributed by atoms with E-state index in [2.05, 4.69) is 29.3 Å². The number of hydrogen-bond donors (Lipinski definition) is 3. The lowest BCUT2D eigenvalue weighted by Gasteiger charge is -2.30. The van der Waals surface area contributed by atoms with Gasteiger partial charge < -0.3 is 21.3 Å². The highest BCUT2D eigenvalue weighted by Gasteiger charge is 2.34. The van der Waals surface area contributed by atoms with Gasteiger partial charge in [0.25, 0.3) is 0 Å². The predicted molar refractivity (Wildman–Crippen MR) is 113 cm³/mol. The van der Waals surface area contributed by atoms with Gasteiger partial charge in [-0.15, -0.1) is 0 Å². The number of nitrogens with one attached hydrogen (secondary N) is 2. The third kappa shape index (κ3) is 6.17. The van der Waals surface area contributed by atoms with Gasteiger partial charge in [0.1, 0.15) is 6.04 Å². The summed E-state index contributed by atoms with van der Waals surface area (Å²) in [6, 6.07) is 9.17. The Hall–Kier alpha value is -2.18. The summed E-state index contributed by atoms with van der Waals surface area (Å²) >= 11 is 0. The molecule has 1 heterocycles. The van der Waals surface area contributed by atoms with E-state index in [0.29, 0.717) is 18.5 Å². The minimum Gasteiger partial charge on any atom is -0.339 e. The molecule has 4 N–H and O–H groups in total. The molecule has 1 aromatic rings. The van der Waals surface area contributed by atoms with E-state index in [1.165, 1.54) is 5.56 Å². The maximum Gasteiger partial charge on any atom is 0.249 e. The molecule has 28 heavy (non-hydrogen) atoms. The number of likely N-dealkylation sites (tertiary alicyclic amines) is 1. The molecule has 0 aromatic heterocycles. The second-order valence-corrected chi connectivity index (χ2v) is 7.57. The summed E-state index contributed by atoms with van der Waals surface area (Å²) in [6.45, 7) is 9.85. The molecular formula is C22H34N4O2. The first-order chi connectivity index (χ1) is 13.4. The largest absolute Gasteiger partial charge is 0.339 e. The fourth-order valence-electron chi connectivity index (χ4n) is 3.48. The van der Waals surface area contributed by atoms with Gasteiger partial charge in [-0.2, -0.15) is 0 Å². The van der Waals surface area contributed by atoms with Crippen LogP contribution in [0.1, 0.15) is 38.7 Å². The monoisotopic (exact) mass is 386 g/mol. The highest BCUT2D eigenvalue weighted by Crippen LogP contribution is 2.19. The van der Waals surface area contributed by atoms with Crippen LogP contribution in [-0.2, 0) is 16.0 Å². The molecule has 154 valence electrons. The van der Waals surface area contributed by atoms with Gasteiger partial charge in [0.15, 0.2) is 0 Å². The molecule has 0 spiro atoms. The summed E-state index contributed by atoms with van der Waals surface area (Å²) in [5.74, 6) is -0.392. The number of carbonyl (C=O) groups is 2. The van der Waals surface area contributed by atoms with E-state index in [1.54, 1.807) is 6.92 Å². The molecule has 6 heteroatoms. The zero-order valence-electron chi connectivity index (χ0n) is 17.1. The molecule has 0 bridgehead atoms. The van der Waals surface area contributed by atoms with Crippen molar-refractivity contribution in [2.24, 2.45) is 5.73 Å². The molecular weight excluding hydrogens is 352 g/mol. The fraction of sp³-hybridized carbons (Fsp3) is 0.545. The van der Waals surface area contributed by atoms with E-state index in [9.17, 15) is 9.59 Å². The van der Waals surface area contributed by atoms with Crippen LogP contribution in [0, 0.1) is 0 Å². The van der Waals surface area contributed by atoms with Crippen LogP contribution in [0.15, 0.2) is 42.5 Å². The molecule has 0 radical (unpaired) electrons. The summed E-state index contributed by atoms with van der Waals surface area (Å²) in [5, 5.41) is 6.25. The lowest BCUT2D eigenvalue weighted by Crippen LogP contribution is -2.54. The number of hydrogen-bond acceptors (Lipinski definition) is 4. The lowest BCUT2D eigenvalue weighted by molar-refractivity contribution is -0.136. The summed E-state index contributed by atoms with van der Waals surface area (Å²) in [7, 11) is 0. The second kappa shape index (κ2) is 11.0. The van der Waals surface area contributed by atoms with E-state index in [-0.39, 0.29) is 17.9 Å². The van der Waals surface area contributed by atoms with E-state index < -0.39 is 12.1 Å². The molecule has 1 aliphatic heterocycles. The van der Waals surface area contributed by atoms with Gasteiger partial charge in [-0.05, 0) is 50.3 Å². The Morgan fingerprint density at radius 3 is 2.68 bits per heavy atom. The summed E-state index contributed by atoms with van der Waals surface area (Å²) in [5.41, 5.74) is 7.73. The Balaban J connectivity index is 1.88. The first kappa shape index (κ1) is 22.1. The quantitative estimate of drug-likeness (QED) is 0.421. The highest BCUT2D eigenvalue weighted by atomic mass is 16.2. The van der Waals surface area contributed by atoms with Crippen molar-refractivity contribution >= 4 is 11.8 Å². The van der Waals surface area contributed by atoms with Gasteiger partial charge in [-0.3, -0.25) is 9.59 Å². The summed E-state index contributed by atoms with van der Waals surface area (Å²) in [6.07, 6.45) is 3.43. The van der Waals surface area contributed by atoms with Crippen LogP contribution in [-0.4, -0.2) is 54.5 Å². The minimum atomic E-state index is -0.713. The third-order valence-corrected chi connectivity index (χ3v) is 5.28. The number of amides is 2. The molecule has 1 fully saturated rings. The Bertz CT molecular complexity index is 662. The Kier molecular flexibility index (Phi) is 8.67. The SMILES string of the molecule is C=C(C)[C@H](NC(=O)[C@@H](N)CC)C(=O)N1CCC[C@H]1CNCCc1ccccc1. The number of nitrogens with zero attached hydrogens (tertiary/aromatic N) is 1. The molecule has 0 saturated carbocycles. The molecule has 0 aliphatic carbocycles. The molecule has 0 unspecified atom stereocenters. The number of rotatable bonds is 10. The first-order valence-corrected chi connectivity index (χ1v) is 10.2. The van der Waals surface area contributed by atoms with Crippen LogP contribution >= 0.6 is 0 Å². The topological polar surface area (TPSA) is 87.5 Å². The van der Waals surface area contributed by atoms with Crippen molar-refractivity contribution < 1.29 is 9.59 Å². The standard InChI is InChI=1S/C22H34N4O2/c1-4-19(23)21(27)25-20(16(2)3)22(28)26-14-8-11-18(26)15-24-13-12-17-9-6-5-7-10-17/h5-7,9-10,18-20,24H,2,4,8,11-15,23H2,1,3H3,(H,25,27)/t18-,19-,20-/m0/s1. The van der Waals surface area contributed by atoms with Crippen molar-refractivity contribution in [2.45, 2.75) is 57.7 Å². The average molecular weight is 387 g/mol. The van der Waals surface area contributed by atoms with Gasteiger partial charge >= 0.3 is 0 Å². The maximum atomic E-state index is 13.1. The molecule has 1 aromatic carbocycles. The van der Waals surface area contributed by atoms with Crippen molar-refractivity contribution in [3.05, 3.63) is 48.0 Å². The zero-order chi connectivity index (χ0) is 20.5. The van der Waals surface area contributed by atoms with Crippen LogP contribution in [0.25, 0.3) is 0 Å². The van der Waals surface area contributed by atoms with Crippen molar-refractivity contribution in [1.29, 1.82) is 0 Å². The van der Waals surface area contributed by atoms with Gasteiger partial charge in [-0.25, -0.2) is 0 Å². The van der Waals surface area contributed by atoms with Crippen LogP contribution < -0.4 is 16.4 Å². The molecule has 2 amide bonds. The lowest BCUT2D eigenvalue weighted by atomic mass is 10.1. The van der Waals surface area contributed by atoms with Crippen molar-refractivity contribution in [2.75, 3.05) is 19.6 Å². The smallest absolute Gasteiger partial charge is 0.249 e. The summed E-state index contributed by atoms with van der Waals surface area (Å²) in [4.78, 5) is 27.1. The van der Waals surface area contributed by atoms with Crippen molar-refractivity contribution in [1.82, 2.24) is 15.5 Å². The maximum absolute atomic E-state index is 13.1. The van der Waals surface area contributed by atoms with E-state index in [1.807, 2.05) is 30.0 Å². The van der Waals surface area contributed by atoms with Crippen LogP contribution in [0.5, 0.6) is 0 Å². The number of benzene rings is 1. The average Bonchev–Trinajstić information content (AvgIpc) is 3.17. The zero-order valence-corrected chi connectivity index (χ0v) is 17.1. The first-order valence-electron chi connectivity index (χ1n) is 10.2.